The van der Waals surface area contributed by atoms with Gasteiger partial charge in [-0.2, -0.15) is 5.10 Å². The average Bonchev–Trinajstić information content (AvgIpc) is 3.38. The largest absolute Gasteiger partial charge is 0.503 e. The van der Waals surface area contributed by atoms with Gasteiger partial charge in [0, 0.05) is 49.9 Å². The molecule has 3 N–H and O–H groups in total. The van der Waals surface area contributed by atoms with E-state index < -0.39 is 34.9 Å². The van der Waals surface area contributed by atoms with Gasteiger partial charge < -0.3 is 19.9 Å². The Balaban J connectivity index is 1.52. The summed E-state index contributed by atoms with van der Waals surface area (Å²) >= 11 is 6.18. The Morgan fingerprint density at radius 3 is 2.68 bits per heavy atom. The van der Waals surface area contributed by atoms with Crippen molar-refractivity contribution in [3.8, 4) is 5.75 Å². The van der Waals surface area contributed by atoms with E-state index in [0.29, 0.717) is 28.2 Å². The van der Waals surface area contributed by atoms with Crippen LogP contribution in [0.25, 0.3) is 11.0 Å². The highest BCUT2D eigenvalue weighted by Gasteiger charge is 2.34. The first kappa shape index (κ1) is 27.8. The minimum Gasteiger partial charge on any atom is -0.503 e. The van der Waals surface area contributed by atoms with Crippen LogP contribution in [-0.2, 0) is 17.8 Å². The molecule has 212 valence electrons. The van der Waals surface area contributed by atoms with Gasteiger partial charge in [0.15, 0.2) is 22.8 Å². The number of hydrogen-bond donors (Lipinski definition) is 3. The van der Waals surface area contributed by atoms with E-state index in [1.54, 1.807) is 47.5 Å². The summed E-state index contributed by atoms with van der Waals surface area (Å²) in [6.45, 7) is 4.25. The third-order valence-electron chi connectivity index (χ3n) is 7.07. The molecule has 0 saturated carbocycles. The van der Waals surface area contributed by atoms with Gasteiger partial charge in [0.05, 0.1) is 5.39 Å². The molecule has 4 aromatic rings. The molecular weight excluding hydrogens is 550 g/mol. The fourth-order valence-corrected chi connectivity index (χ4v) is 5.20. The van der Waals surface area contributed by atoms with Crippen molar-refractivity contribution >= 4 is 46.2 Å². The standard InChI is InChI=1S/C28H28ClN7O5/c1-15(2)35-10-11-36-21(14-20(37)24(38)23(36)28(35)41)34(3)27(40)19(13-16-6-4-7-17(29)12-16)31-26(39)22-18-8-5-9-30-25(18)33-32-22/h4-9,12,14-15,19,38H,10-11,13H2,1-3H3,(H,31,39)(H,30,32,33)/t19-/m1/s1. The van der Waals surface area contributed by atoms with Crippen LogP contribution in [-0.4, -0.2) is 73.2 Å². The van der Waals surface area contributed by atoms with Gasteiger partial charge in [-0.1, -0.05) is 23.7 Å². The molecule has 5 rings (SSSR count). The zero-order valence-electron chi connectivity index (χ0n) is 22.6. The van der Waals surface area contributed by atoms with Crippen LogP contribution in [0.1, 0.15) is 40.4 Å². The summed E-state index contributed by atoms with van der Waals surface area (Å²) in [5.41, 5.74) is 0.194. The predicted octanol–water partition coefficient (Wildman–Crippen LogP) is 2.35. The van der Waals surface area contributed by atoms with Crippen molar-refractivity contribution in [2.45, 2.75) is 38.9 Å². The van der Waals surface area contributed by atoms with E-state index in [1.807, 2.05) is 13.8 Å². The summed E-state index contributed by atoms with van der Waals surface area (Å²) in [7, 11) is 1.45. The normalized spacial score (nSPS) is 13.8. The summed E-state index contributed by atoms with van der Waals surface area (Å²) < 4.78 is 1.46. The highest BCUT2D eigenvalue weighted by Crippen LogP contribution is 2.27. The van der Waals surface area contributed by atoms with Crippen molar-refractivity contribution in [1.29, 1.82) is 0 Å². The van der Waals surface area contributed by atoms with E-state index in [9.17, 15) is 24.3 Å². The van der Waals surface area contributed by atoms with Gasteiger partial charge in [-0.3, -0.25) is 29.2 Å². The predicted molar refractivity (Wildman–Crippen MR) is 152 cm³/mol. The summed E-state index contributed by atoms with van der Waals surface area (Å²) in [5.74, 6) is -2.23. The molecule has 1 atom stereocenters. The van der Waals surface area contributed by atoms with Crippen molar-refractivity contribution in [2.24, 2.45) is 0 Å². The monoisotopic (exact) mass is 577 g/mol. The van der Waals surface area contributed by atoms with Crippen LogP contribution in [0.5, 0.6) is 5.75 Å². The third kappa shape index (κ3) is 5.25. The average molecular weight is 578 g/mol. The van der Waals surface area contributed by atoms with Gasteiger partial charge in [0.1, 0.15) is 11.9 Å². The zero-order chi connectivity index (χ0) is 29.4. The Bertz CT molecular complexity index is 1730. The van der Waals surface area contributed by atoms with Crippen LogP contribution in [0.2, 0.25) is 5.02 Å². The summed E-state index contributed by atoms with van der Waals surface area (Å²) in [6.07, 6.45) is 1.64. The van der Waals surface area contributed by atoms with Crippen molar-refractivity contribution in [1.82, 2.24) is 30.0 Å². The fraction of sp³-hybridized carbons (Fsp3) is 0.286. The molecule has 3 aromatic heterocycles. The number of aromatic hydroxyl groups is 1. The Labute approximate surface area is 239 Å². The highest BCUT2D eigenvalue weighted by molar-refractivity contribution is 6.30. The minimum absolute atomic E-state index is 0.0669. The van der Waals surface area contributed by atoms with Gasteiger partial charge in [0.2, 0.25) is 5.43 Å². The summed E-state index contributed by atoms with van der Waals surface area (Å²) in [5, 5.41) is 21.0. The molecule has 0 bridgehead atoms. The number of nitrogens with one attached hydrogen (secondary N) is 2. The van der Waals surface area contributed by atoms with Crippen LogP contribution in [0.15, 0.2) is 53.5 Å². The fourth-order valence-electron chi connectivity index (χ4n) is 4.98. The molecule has 3 amide bonds. The number of amides is 3. The lowest BCUT2D eigenvalue weighted by molar-refractivity contribution is -0.120. The van der Waals surface area contributed by atoms with Gasteiger partial charge in [-0.15, -0.1) is 0 Å². The number of aromatic nitrogens is 4. The van der Waals surface area contributed by atoms with E-state index in [4.69, 9.17) is 11.6 Å². The maximum absolute atomic E-state index is 14.0. The molecule has 12 nitrogen and oxygen atoms in total. The lowest BCUT2D eigenvalue weighted by Gasteiger charge is -2.36. The van der Waals surface area contributed by atoms with Crippen molar-refractivity contribution in [3.05, 3.63) is 80.9 Å². The number of hydrogen-bond acceptors (Lipinski definition) is 7. The molecule has 1 aliphatic rings. The second-order valence-corrected chi connectivity index (χ2v) is 10.5. The molecule has 0 fully saturated rings. The number of likely N-dealkylation sites (N-methyl/N-ethyl adjacent to an activating group) is 1. The molecule has 0 unspecified atom stereocenters. The molecule has 0 saturated heterocycles. The maximum Gasteiger partial charge on any atom is 0.274 e. The molecule has 0 aliphatic carbocycles. The third-order valence-corrected chi connectivity index (χ3v) is 7.31. The number of H-pyrrole nitrogens is 1. The number of benzene rings is 1. The number of fused-ring (bicyclic) bond motifs is 2. The second-order valence-electron chi connectivity index (χ2n) is 10.0. The number of anilines is 1. The lowest BCUT2D eigenvalue weighted by atomic mass is 10.0. The number of carbonyl (C=O) groups excluding carboxylic acids is 3. The molecule has 1 aromatic carbocycles. The Hall–Kier alpha value is -4.71. The number of carbonyl (C=O) groups is 3. The van der Waals surface area contributed by atoms with Crippen molar-refractivity contribution in [2.75, 3.05) is 18.5 Å². The quantitative estimate of drug-likeness (QED) is 0.305. The number of nitrogens with zero attached hydrogens (tertiary/aromatic N) is 5. The Kier molecular flexibility index (Phi) is 7.50. The van der Waals surface area contributed by atoms with Crippen LogP contribution in [0.3, 0.4) is 0 Å². The van der Waals surface area contributed by atoms with Crippen molar-refractivity contribution < 1.29 is 19.5 Å². The van der Waals surface area contributed by atoms with Gasteiger partial charge in [0.25, 0.3) is 17.7 Å². The second kappa shape index (κ2) is 11.0. The molecular formula is C28H28ClN7O5. The first-order valence-electron chi connectivity index (χ1n) is 13.0. The number of rotatable bonds is 7. The lowest BCUT2D eigenvalue weighted by Crippen LogP contribution is -2.51. The zero-order valence-corrected chi connectivity index (χ0v) is 23.3. The van der Waals surface area contributed by atoms with E-state index >= 15 is 0 Å². The highest BCUT2D eigenvalue weighted by atomic mass is 35.5. The summed E-state index contributed by atoms with van der Waals surface area (Å²) in [6, 6.07) is 10.1. The topological polar surface area (TPSA) is 154 Å². The van der Waals surface area contributed by atoms with Crippen LogP contribution < -0.4 is 15.6 Å². The number of pyridine rings is 2. The Morgan fingerprint density at radius 2 is 1.95 bits per heavy atom. The van der Waals surface area contributed by atoms with E-state index in [-0.39, 0.29) is 36.2 Å². The molecule has 0 spiro atoms. The van der Waals surface area contributed by atoms with Gasteiger partial charge in [-0.05, 0) is 43.7 Å². The molecule has 4 heterocycles. The first-order chi connectivity index (χ1) is 19.6. The summed E-state index contributed by atoms with van der Waals surface area (Å²) in [4.78, 5) is 60.2. The number of halogens is 1. The molecule has 0 radical (unpaired) electrons. The number of aromatic amines is 1. The van der Waals surface area contributed by atoms with Gasteiger partial charge >= 0.3 is 0 Å². The van der Waals surface area contributed by atoms with Gasteiger partial charge in [-0.25, -0.2) is 4.98 Å². The maximum atomic E-state index is 14.0. The van der Waals surface area contributed by atoms with Crippen molar-refractivity contribution in [3.63, 3.8) is 0 Å². The van der Waals surface area contributed by atoms with E-state index in [2.05, 4.69) is 20.5 Å². The van der Waals surface area contributed by atoms with Crippen LogP contribution >= 0.6 is 11.6 Å². The smallest absolute Gasteiger partial charge is 0.274 e. The molecule has 41 heavy (non-hydrogen) atoms. The van der Waals surface area contributed by atoms with Crippen LogP contribution in [0, 0.1) is 0 Å². The minimum atomic E-state index is -1.11. The van der Waals surface area contributed by atoms with E-state index in [0.717, 1.165) is 6.07 Å². The van der Waals surface area contributed by atoms with E-state index in [1.165, 1.54) is 16.5 Å². The molecule has 13 heteroatoms. The first-order valence-corrected chi connectivity index (χ1v) is 13.3. The Morgan fingerprint density at radius 1 is 1.17 bits per heavy atom. The van der Waals surface area contributed by atoms with Crippen LogP contribution in [0.4, 0.5) is 5.82 Å². The SMILES string of the molecule is CC(C)N1CCn2c(N(C)C(=O)[C@@H](Cc3cccc(Cl)c3)NC(=O)c3n[nH]c4ncccc34)cc(=O)c(O)c2C1=O. The molecule has 1 aliphatic heterocycles.